The van der Waals surface area contributed by atoms with Gasteiger partial charge in [-0.25, -0.2) is 17.5 Å². The Hall–Kier alpha value is -2.13. The average molecular weight is 357 g/mol. The van der Waals surface area contributed by atoms with Gasteiger partial charge in [0.05, 0.1) is 10.8 Å². The molecule has 0 saturated carbocycles. The molecule has 1 aromatic rings. The van der Waals surface area contributed by atoms with Gasteiger partial charge in [-0.05, 0) is 17.7 Å². The number of benzene rings is 1. The zero-order valence-corrected chi connectivity index (χ0v) is 15.0. The second-order valence-corrected chi connectivity index (χ2v) is 7.86. The number of aliphatic carboxylic acids is 1. The SMILES string of the molecule is CC(CN(C)C(=O)NCc1ccc(S(=O)(=O)N(C)C)cc1)C(=O)O. The number of carbonyl (C=O) groups is 2. The van der Waals surface area contributed by atoms with E-state index in [0.717, 1.165) is 9.87 Å². The Kier molecular flexibility index (Phi) is 6.73. The van der Waals surface area contributed by atoms with Crippen LogP contribution in [-0.2, 0) is 21.4 Å². The first-order chi connectivity index (χ1) is 11.1. The van der Waals surface area contributed by atoms with Crippen molar-refractivity contribution in [1.29, 1.82) is 0 Å². The van der Waals surface area contributed by atoms with E-state index in [1.807, 2.05) is 0 Å². The summed E-state index contributed by atoms with van der Waals surface area (Å²) >= 11 is 0. The molecule has 1 atom stereocenters. The van der Waals surface area contributed by atoms with E-state index in [4.69, 9.17) is 5.11 Å². The molecule has 0 aromatic heterocycles. The minimum atomic E-state index is -3.48. The molecule has 0 heterocycles. The van der Waals surface area contributed by atoms with Crippen LogP contribution in [0.25, 0.3) is 0 Å². The fourth-order valence-electron chi connectivity index (χ4n) is 1.87. The van der Waals surface area contributed by atoms with Gasteiger partial charge < -0.3 is 15.3 Å². The van der Waals surface area contributed by atoms with Crippen LogP contribution in [0.15, 0.2) is 29.2 Å². The number of urea groups is 1. The highest BCUT2D eigenvalue weighted by Crippen LogP contribution is 2.14. The van der Waals surface area contributed by atoms with Crippen molar-refractivity contribution in [3.05, 3.63) is 29.8 Å². The molecule has 1 aromatic carbocycles. The molecular formula is C15H23N3O5S. The van der Waals surface area contributed by atoms with E-state index < -0.39 is 27.9 Å². The van der Waals surface area contributed by atoms with Crippen LogP contribution in [0.3, 0.4) is 0 Å². The van der Waals surface area contributed by atoms with Crippen LogP contribution in [0.1, 0.15) is 12.5 Å². The molecule has 0 saturated heterocycles. The third-order valence-corrected chi connectivity index (χ3v) is 5.29. The Morgan fingerprint density at radius 1 is 1.17 bits per heavy atom. The zero-order valence-electron chi connectivity index (χ0n) is 14.2. The van der Waals surface area contributed by atoms with Crippen LogP contribution >= 0.6 is 0 Å². The van der Waals surface area contributed by atoms with Crippen molar-refractivity contribution < 1.29 is 23.1 Å². The number of carbonyl (C=O) groups excluding carboxylic acids is 1. The summed E-state index contributed by atoms with van der Waals surface area (Å²) in [6, 6.07) is 5.81. The Labute approximate surface area is 142 Å². The van der Waals surface area contributed by atoms with E-state index in [1.165, 1.54) is 45.1 Å². The molecule has 8 nitrogen and oxygen atoms in total. The summed E-state index contributed by atoms with van der Waals surface area (Å²) in [6.45, 7) is 1.84. The molecule has 0 spiro atoms. The molecule has 2 N–H and O–H groups in total. The normalized spacial score (nSPS) is 12.7. The molecule has 0 bridgehead atoms. The Morgan fingerprint density at radius 3 is 2.17 bits per heavy atom. The van der Waals surface area contributed by atoms with Crippen molar-refractivity contribution in [2.24, 2.45) is 5.92 Å². The molecule has 134 valence electrons. The number of carboxylic acids is 1. The van der Waals surface area contributed by atoms with Gasteiger partial charge in [-0.3, -0.25) is 4.79 Å². The van der Waals surface area contributed by atoms with Crippen molar-refractivity contribution in [2.75, 3.05) is 27.7 Å². The van der Waals surface area contributed by atoms with Gasteiger partial charge in [0.15, 0.2) is 0 Å². The summed E-state index contributed by atoms with van der Waals surface area (Å²) in [5, 5.41) is 11.5. The van der Waals surface area contributed by atoms with Gasteiger partial charge in [0.1, 0.15) is 0 Å². The lowest BCUT2D eigenvalue weighted by molar-refractivity contribution is -0.141. The van der Waals surface area contributed by atoms with Crippen LogP contribution in [0.4, 0.5) is 4.79 Å². The van der Waals surface area contributed by atoms with Crippen molar-refractivity contribution in [2.45, 2.75) is 18.4 Å². The topological polar surface area (TPSA) is 107 Å². The van der Waals surface area contributed by atoms with Crippen LogP contribution in [0, 0.1) is 5.92 Å². The molecule has 0 aliphatic heterocycles. The fraction of sp³-hybridized carbons (Fsp3) is 0.467. The largest absolute Gasteiger partial charge is 0.481 e. The predicted octanol–water partition coefficient (Wildman–Crippen LogP) is 0.799. The van der Waals surface area contributed by atoms with Crippen LogP contribution in [0.5, 0.6) is 0 Å². The maximum Gasteiger partial charge on any atom is 0.317 e. The molecule has 9 heteroatoms. The summed E-state index contributed by atoms with van der Waals surface area (Å²) in [5.41, 5.74) is 0.737. The number of nitrogens with one attached hydrogen (secondary N) is 1. The summed E-state index contributed by atoms with van der Waals surface area (Å²) in [6.07, 6.45) is 0. The first-order valence-electron chi connectivity index (χ1n) is 7.29. The van der Waals surface area contributed by atoms with Gasteiger partial charge in [-0.1, -0.05) is 19.1 Å². The Bertz CT molecular complexity index is 686. The van der Waals surface area contributed by atoms with Gasteiger partial charge in [-0.15, -0.1) is 0 Å². The maximum atomic E-state index is 12.0. The van der Waals surface area contributed by atoms with E-state index in [2.05, 4.69) is 5.32 Å². The first-order valence-corrected chi connectivity index (χ1v) is 8.73. The molecule has 0 aliphatic rings. The quantitative estimate of drug-likeness (QED) is 0.750. The molecule has 0 radical (unpaired) electrons. The van der Waals surface area contributed by atoms with Crippen LogP contribution in [0.2, 0.25) is 0 Å². The number of rotatable bonds is 7. The third kappa shape index (κ3) is 5.20. The van der Waals surface area contributed by atoms with E-state index in [1.54, 1.807) is 12.1 Å². The average Bonchev–Trinajstić information content (AvgIpc) is 2.52. The second kappa shape index (κ2) is 8.11. The van der Waals surface area contributed by atoms with Crippen molar-refractivity contribution >= 4 is 22.0 Å². The van der Waals surface area contributed by atoms with Gasteiger partial charge in [-0.2, -0.15) is 0 Å². The third-order valence-electron chi connectivity index (χ3n) is 3.46. The number of sulfonamides is 1. The standard InChI is InChI=1S/C15H23N3O5S/c1-11(14(19)20)10-18(4)15(21)16-9-12-5-7-13(8-6-12)24(22,23)17(2)3/h5-8,11H,9-10H2,1-4H3,(H,16,21)(H,19,20). The second-order valence-electron chi connectivity index (χ2n) is 5.71. The summed E-state index contributed by atoms with van der Waals surface area (Å²) in [7, 11) is 0.949. The first kappa shape index (κ1) is 19.9. The number of amides is 2. The van der Waals surface area contributed by atoms with E-state index >= 15 is 0 Å². The van der Waals surface area contributed by atoms with Crippen molar-refractivity contribution in [1.82, 2.24) is 14.5 Å². The van der Waals surface area contributed by atoms with E-state index in [-0.39, 0.29) is 18.0 Å². The maximum absolute atomic E-state index is 12.0. The number of hydrogen-bond acceptors (Lipinski definition) is 4. The fourth-order valence-corrected chi connectivity index (χ4v) is 2.78. The van der Waals surface area contributed by atoms with Gasteiger partial charge in [0, 0.05) is 34.2 Å². The van der Waals surface area contributed by atoms with E-state index in [9.17, 15) is 18.0 Å². The molecule has 1 rings (SSSR count). The summed E-state index contributed by atoms with van der Waals surface area (Å²) in [5.74, 6) is -1.62. The molecule has 2 amide bonds. The van der Waals surface area contributed by atoms with Gasteiger partial charge in [0.2, 0.25) is 10.0 Å². The molecule has 24 heavy (non-hydrogen) atoms. The lowest BCUT2D eigenvalue weighted by Gasteiger charge is -2.20. The van der Waals surface area contributed by atoms with Crippen LogP contribution < -0.4 is 5.32 Å². The Balaban J connectivity index is 2.62. The van der Waals surface area contributed by atoms with Crippen molar-refractivity contribution in [3.63, 3.8) is 0 Å². The number of carboxylic acid groups (broad SMARTS) is 1. The lowest BCUT2D eigenvalue weighted by Crippen LogP contribution is -2.40. The minimum absolute atomic E-state index is 0.0984. The minimum Gasteiger partial charge on any atom is -0.481 e. The van der Waals surface area contributed by atoms with Gasteiger partial charge in [0.25, 0.3) is 0 Å². The molecule has 0 fully saturated rings. The number of hydrogen-bond donors (Lipinski definition) is 2. The highest BCUT2D eigenvalue weighted by molar-refractivity contribution is 7.89. The predicted molar refractivity (Wildman–Crippen MR) is 89.0 cm³/mol. The lowest BCUT2D eigenvalue weighted by atomic mass is 10.2. The van der Waals surface area contributed by atoms with Crippen LogP contribution in [-0.4, -0.2) is 62.4 Å². The molecule has 0 aliphatic carbocycles. The highest BCUT2D eigenvalue weighted by atomic mass is 32.2. The van der Waals surface area contributed by atoms with E-state index in [0.29, 0.717) is 0 Å². The Morgan fingerprint density at radius 2 is 1.71 bits per heavy atom. The zero-order chi connectivity index (χ0) is 18.5. The van der Waals surface area contributed by atoms with Crippen molar-refractivity contribution in [3.8, 4) is 0 Å². The smallest absolute Gasteiger partial charge is 0.317 e. The molecular weight excluding hydrogens is 334 g/mol. The highest BCUT2D eigenvalue weighted by Gasteiger charge is 2.18. The summed E-state index contributed by atoms with van der Waals surface area (Å²) < 4.78 is 25.0. The van der Waals surface area contributed by atoms with Gasteiger partial charge >= 0.3 is 12.0 Å². The monoisotopic (exact) mass is 357 g/mol. The number of nitrogens with zero attached hydrogens (tertiary/aromatic N) is 2. The summed E-state index contributed by atoms with van der Waals surface area (Å²) in [4.78, 5) is 24.2. The molecule has 1 unspecified atom stereocenters.